The molecule has 0 bridgehead atoms. The highest BCUT2D eigenvalue weighted by Gasteiger charge is 2.16. The number of carbonyl (C=O) groups excluding carboxylic acids is 1. The molecular weight excluding hydrogens is 404 g/mol. The van der Waals surface area contributed by atoms with Gasteiger partial charge in [-0.25, -0.2) is 4.98 Å². The lowest BCUT2D eigenvalue weighted by Crippen LogP contribution is -2.22. The maximum absolute atomic E-state index is 12.0. The van der Waals surface area contributed by atoms with E-state index >= 15 is 0 Å². The van der Waals surface area contributed by atoms with Gasteiger partial charge in [0.25, 0.3) is 0 Å². The van der Waals surface area contributed by atoms with Gasteiger partial charge in [0.15, 0.2) is 5.13 Å². The van der Waals surface area contributed by atoms with Gasteiger partial charge >= 0.3 is 0 Å². The van der Waals surface area contributed by atoms with Gasteiger partial charge in [-0.15, -0.1) is 0 Å². The number of carbonyl (C=O) groups is 1. The van der Waals surface area contributed by atoms with Crippen LogP contribution < -0.4 is 5.32 Å². The third-order valence-electron chi connectivity index (χ3n) is 2.99. The van der Waals surface area contributed by atoms with E-state index in [1.165, 1.54) is 16.9 Å². The Labute approximate surface area is 139 Å². The summed E-state index contributed by atoms with van der Waals surface area (Å²) in [4.78, 5) is 16.3. The number of unbranched alkanes of at least 4 members (excludes halogenated alkanes) is 1. The minimum atomic E-state index is -0.150. The molecule has 1 N–H and O–H groups in total. The van der Waals surface area contributed by atoms with Gasteiger partial charge in [-0.2, -0.15) is 0 Å². The fourth-order valence-electron chi connectivity index (χ4n) is 1.80. The Morgan fingerprint density at radius 1 is 1.50 bits per heavy atom. The van der Waals surface area contributed by atoms with Gasteiger partial charge in [-0.05, 0) is 31.0 Å². The van der Waals surface area contributed by atoms with E-state index in [0.29, 0.717) is 5.13 Å². The third-order valence-corrected chi connectivity index (χ3v) is 5.66. The summed E-state index contributed by atoms with van der Waals surface area (Å²) in [5.74, 6) is -0.0201. The van der Waals surface area contributed by atoms with Crippen molar-refractivity contribution in [1.82, 2.24) is 4.98 Å². The molecule has 0 aliphatic rings. The van der Waals surface area contributed by atoms with Crippen molar-refractivity contribution in [3.05, 3.63) is 22.2 Å². The van der Waals surface area contributed by atoms with Crippen molar-refractivity contribution in [1.29, 1.82) is 0 Å². The zero-order chi connectivity index (χ0) is 14.7. The number of nitrogens with zero attached hydrogens (tertiary/aromatic N) is 1. The van der Waals surface area contributed by atoms with Crippen LogP contribution in [-0.2, 0) is 4.79 Å². The number of halogens is 2. The van der Waals surface area contributed by atoms with Gasteiger partial charge in [-0.1, -0.05) is 63.0 Å². The smallest absolute Gasteiger partial charge is 0.239 e. The molecule has 0 spiro atoms. The second-order valence-electron chi connectivity index (χ2n) is 4.69. The van der Waals surface area contributed by atoms with E-state index in [1.807, 2.05) is 13.0 Å². The number of aromatic nitrogens is 1. The Hall–Kier alpha value is -0.460. The number of hydrogen-bond acceptors (Lipinski definition) is 3. The highest BCUT2D eigenvalue weighted by molar-refractivity contribution is 9.10. The number of fused-ring (bicyclic) bond motifs is 1. The van der Waals surface area contributed by atoms with Crippen LogP contribution in [-0.4, -0.2) is 15.7 Å². The van der Waals surface area contributed by atoms with Crippen LogP contribution in [0.25, 0.3) is 10.2 Å². The van der Waals surface area contributed by atoms with Crippen molar-refractivity contribution in [2.75, 3.05) is 5.32 Å². The summed E-state index contributed by atoms with van der Waals surface area (Å²) in [5, 5.41) is 3.54. The second-order valence-corrected chi connectivity index (χ2v) is 7.68. The Morgan fingerprint density at radius 3 is 2.95 bits per heavy atom. The van der Waals surface area contributed by atoms with Gasteiger partial charge in [0, 0.05) is 4.47 Å². The molecule has 0 unspecified atom stereocenters. The molecule has 2 aromatic rings. The zero-order valence-corrected chi connectivity index (χ0v) is 15.4. The summed E-state index contributed by atoms with van der Waals surface area (Å²) in [6, 6.07) is 4.06. The Balaban J connectivity index is 2.12. The lowest BCUT2D eigenvalue weighted by atomic mass is 10.2. The first kappa shape index (κ1) is 15.9. The van der Waals surface area contributed by atoms with Gasteiger partial charge in [0.05, 0.1) is 15.0 Å². The minimum absolute atomic E-state index is 0.0201. The van der Waals surface area contributed by atoms with E-state index in [-0.39, 0.29) is 10.7 Å². The standard InChI is InChI=1S/C14H16Br2N2OS/c1-3-4-5-9(15)13(19)18-14-17-11-7-10(16)8(2)6-12(11)20-14/h6-7,9H,3-5H2,1-2H3,(H,17,18,19)/t9-/m0/s1. The number of hydrogen-bond donors (Lipinski definition) is 1. The maximum atomic E-state index is 12.0. The molecule has 0 aliphatic heterocycles. The lowest BCUT2D eigenvalue weighted by Gasteiger charge is -2.07. The van der Waals surface area contributed by atoms with E-state index in [2.05, 4.69) is 55.2 Å². The molecule has 3 nitrogen and oxygen atoms in total. The van der Waals surface area contributed by atoms with Crippen molar-refractivity contribution in [3.8, 4) is 0 Å². The van der Waals surface area contributed by atoms with E-state index in [1.54, 1.807) is 0 Å². The first-order valence-electron chi connectivity index (χ1n) is 6.53. The topological polar surface area (TPSA) is 42.0 Å². The van der Waals surface area contributed by atoms with Crippen molar-refractivity contribution < 1.29 is 4.79 Å². The molecule has 2 rings (SSSR count). The summed E-state index contributed by atoms with van der Waals surface area (Å²) in [5.41, 5.74) is 2.07. The van der Waals surface area contributed by atoms with Crippen LogP contribution in [0.15, 0.2) is 16.6 Å². The Kier molecular flexibility index (Phi) is 5.57. The summed E-state index contributed by atoms with van der Waals surface area (Å²) in [6.07, 6.45) is 2.97. The van der Waals surface area contributed by atoms with Gasteiger partial charge in [0.1, 0.15) is 0 Å². The maximum Gasteiger partial charge on any atom is 0.239 e. The monoisotopic (exact) mass is 418 g/mol. The number of benzene rings is 1. The molecule has 0 aliphatic carbocycles. The van der Waals surface area contributed by atoms with Crippen LogP contribution in [0.4, 0.5) is 5.13 Å². The molecule has 1 aromatic heterocycles. The molecule has 0 saturated heterocycles. The number of anilines is 1. The molecule has 0 fully saturated rings. The predicted molar refractivity (Wildman–Crippen MR) is 92.9 cm³/mol. The third kappa shape index (κ3) is 3.80. The first-order chi connectivity index (χ1) is 9.51. The SMILES string of the molecule is CCCC[C@H](Br)C(=O)Nc1nc2cc(Br)c(C)cc2s1. The second kappa shape index (κ2) is 7.00. The highest BCUT2D eigenvalue weighted by Crippen LogP contribution is 2.30. The molecule has 1 aromatic carbocycles. The molecule has 0 radical (unpaired) electrons. The normalized spacial score (nSPS) is 12.6. The minimum Gasteiger partial charge on any atom is -0.301 e. The van der Waals surface area contributed by atoms with Crippen molar-refractivity contribution in [2.24, 2.45) is 0 Å². The molecular formula is C14H16Br2N2OS. The quantitative estimate of drug-likeness (QED) is 0.671. The number of alkyl halides is 1. The number of thiazole rings is 1. The fraction of sp³-hybridized carbons (Fsp3) is 0.429. The Morgan fingerprint density at radius 2 is 2.25 bits per heavy atom. The van der Waals surface area contributed by atoms with E-state index in [0.717, 1.165) is 34.0 Å². The van der Waals surface area contributed by atoms with E-state index < -0.39 is 0 Å². The summed E-state index contributed by atoms with van der Waals surface area (Å²) >= 11 is 8.43. The Bertz CT molecular complexity index is 588. The van der Waals surface area contributed by atoms with Crippen LogP contribution in [0.2, 0.25) is 0 Å². The lowest BCUT2D eigenvalue weighted by molar-refractivity contribution is -0.115. The first-order valence-corrected chi connectivity index (χ1v) is 9.05. The summed E-state index contributed by atoms with van der Waals surface area (Å²) in [7, 11) is 0. The molecule has 1 amide bonds. The predicted octanol–water partition coefficient (Wildman–Crippen LogP) is 5.26. The van der Waals surface area contributed by atoms with E-state index in [9.17, 15) is 4.79 Å². The van der Waals surface area contributed by atoms with Gasteiger partial charge in [0.2, 0.25) is 5.91 Å². The molecule has 108 valence electrons. The molecule has 1 atom stereocenters. The summed E-state index contributed by atoms with van der Waals surface area (Å²) in [6.45, 7) is 4.16. The number of rotatable bonds is 5. The highest BCUT2D eigenvalue weighted by atomic mass is 79.9. The van der Waals surface area contributed by atoms with Gasteiger partial charge in [-0.3, -0.25) is 4.79 Å². The number of nitrogens with one attached hydrogen (secondary N) is 1. The average molecular weight is 420 g/mol. The van der Waals surface area contributed by atoms with Crippen LogP contribution >= 0.6 is 43.2 Å². The molecule has 1 heterocycles. The summed E-state index contributed by atoms with van der Waals surface area (Å²) < 4.78 is 2.12. The van der Waals surface area contributed by atoms with Crippen LogP contribution in [0.1, 0.15) is 31.7 Å². The fourth-order valence-corrected chi connectivity index (χ4v) is 3.52. The molecule has 0 saturated carbocycles. The van der Waals surface area contributed by atoms with Crippen LogP contribution in [0.3, 0.4) is 0 Å². The van der Waals surface area contributed by atoms with Crippen LogP contribution in [0, 0.1) is 6.92 Å². The number of amides is 1. The largest absolute Gasteiger partial charge is 0.301 e. The molecule has 20 heavy (non-hydrogen) atoms. The van der Waals surface area contributed by atoms with Gasteiger partial charge < -0.3 is 5.32 Å². The average Bonchev–Trinajstić information content (AvgIpc) is 2.77. The van der Waals surface area contributed by atoms with Crippen molar-refractivity contribution in [2.45, 2.75) is 37.9 Å². The molecule has 6 heteroatoms. The number of aryl methyl sites for hydroxylation is 1. The van der Waals surface area contributed by atoms with Crippen molar-refractivity contribution in [3.63, 3.8) is 0 Å². The van der Waals surface area contributed by atoms with E-state index in [4.69, 9.17) is 0 Å². The van der Waals surface area contributed by atoms with Crippen molar-refractivity contribution >= 4 is 64.5 Å². The van der Waals surface area contributed by atoms with Crippen LogP contribution in [0.5, 0.6) is 0 Å². The zero-order valence-electron chi connectivity index (χ0n) is 11.4.